The first-order valence-corrected chi connectivity index (χ1v) is 8.63. The van der Waals surface area contributed by atoms with Crippen molar-refractivity contribution in [3.63, 3.8) is 0 Å². The van der Waals surface area contributed by atoms with Crippen LogP contribution in [-0.4, -0.2) is 36.3 Å². The number of aryl methyl sites for hydroxylation is 1. The molecule has 3 aromatic heterocycles. The summed E-state index contributed by atoms with van der Waals surface area (Å²) in [6.07, 6.45) is 2.90. The van der Waals surface area contributed by atoms with Crippen LogP contribution in [0.4, 0.5) is 5.82 Å². The summed E-state index contributed by atoms with van der Waals surface area (Å²) >= 11 is 5.90. The number of rotatable bonds is 6. The largest absolute Gasteiger partial charge is 0.369 e. The first-order valence-electron chi connectivity index (χ1n) is 8.25. The quantitative estimate of drug-likeness (QED) is 0.558. The Morgan fingerprint density at radius 3 is 2.85 bits per heavy atom. The summed E-state index contributed by atoms with van der Waals surface area (Å²) in [7, 11) is 0. The molecular formula is C17H16ClN7O. The molecule has 26 heavy (non-hydrogen) atoms. The van der Waals surface area contributed by atoms with Gasteiger partial charge in [0.05, 0.1) is 0 Å². The minimum Gasteiger partial charge on any atom is -0.369 e. The highest BCUT2D eigenvalue weighted by molar-refractivity contribution is 6.30. The Balaban J connectivity index is 1.44. The average molecular weight is 370 g/mol. The fourth-order valence-electron chi connectivity index (χ4n) is 2.54. The molecule has 0 atom stereocenters. The highest BCUT2D eigenvalue weighted by atomic mass is 35.5. The number of hydrogen-bond donors (Lipinski definition) is 1. The summed E-state index contributed by atoms with van der Waals surface area (Å²) in [6, 6.07) is 9.29. The predicted molar refractivity (Wildman–Crippen MR) is 97.1 cm³/mol. The van der Waals surface area contributed by atoms with Crippen LogP contribution >= 0.6 is 11.6 Å². The summed E-state index contributed by atoms with van der Waals surface area (Å²) in [5.41, 5.74) is 1.82. The van der Waals surface area contributed by atoms with Crippen LogP contribution in [0.15, 0.2) is 41.2 Å². The molecule has 4 rings (SSSR count). The Labute approximate surface area is 154 Å². The van der Waals surface area contributed by atoms with E-state index in [2.05, 4.69) is 37.4 Å². The molecule has 0 saturated carbocycles. The van der Waals surface area contributed by atoms with Gasteiger partial charge in [-0.1, -0.05) is 23.7 Å². The second-order valence-corrected chi connectivity index (χ2v) is 6.09. The molecule has 0 amide bonds. The van der Waals surface area contributed by atoms with Crippen LogP contribution in [0.2, 0.25) is 5.02 Å². The number of benzene rings is 1. The summed E-state index contributed by atoms with van der Waals surface area (Å²) in [6.45, 7) is 2.67. The van der Waals surface area contributed by atoms with Crippen LogP contribution in [-0.2, 0) is 12.8 Å². The van der Waals surface area contributed by atoms with Gasteiger partial charge in [-0.3, -0.25) is 0 Å². The molecule has 0 unspecified atom stereocenters. The molecule has 1 aromatic carbocycles. The molecule has 0 aliphatic heterocycles. The van der Waals surface area contributed by atoms with Gasteiger partial charge in [0.15, 0.2) is 0 Å². The molecule has 0 saturated heterocycles. The van der Waals surface area contributed by atoms with E-state index in [-0.39, 0.29) is 0 Å². The van der Waals surface area contributed by atoms with E-state index < -0.39 is 0 Å². The van der Waals surface area contributed by atoms with Gasteiger partial charge in [0.2, 0.25) is 11.7 Å². The highest BCUT2D eigenvalue weighted by Crippen LogP contribution is 2.19. The fourth-order valence-corrected chi connectivity index (χ4v) is 2.66. The number of nitrogens with one attached hydrogen (secondary N) is 1. The van der Waals surface area contributed by atoms with Crippen LogP contribution in [0, 0.1) is 0 Å². The third-order valence-electron chi connectivity index (χ3n) is 3.88. The SMILES string of the molecule is CCc1cc(NCCc2nc(-c3ccc(Cl)cc3)no2)n2ncnc2n1. The Hall–Kier alpha value is -3.00. The molecule has 1 N–H and O–H groups in total. The predicted octanol–water partition coefficient (Wildman–Crippen LogP) is 3.04. The number of anilines is 1. The van der Waals surface area contributed by atoms with Gasteiger partial charge < -0.3 is 9.84 Å². The molecule has 3 heterocycles. The second kappa shape index (κ2) is 7.09. The van der Waals surface area contributed by atoms with Gasteiger partial charge in [-0.15, -0.1) is 0 Å². The molecule has 0 aliphatic carbocycles. The molecule has 4 aromatic rings. The van der Waals surface area contributed by atoms with Gasteiger partial charge in [-0.2, -0.15) is 19.6 Å². The van der Waals surface area contributed by atoms with Crippen molar-refractivity contribution in [3.8, 4) is 11.4 Å². The Bertz CT molecular complexity index is 1030. The van der Waals surface area contributed by atoms with Crippen molar-refractivity contribution in [3.05, 3.63) is 53.3 Å². The average Bonchev–Trinajstić information content (AvgIpc) is 3.31. The summed E-state index contributed by atoms with van der Waals surface area (Å²) in [5, 5.41) is 12.2. The van der Waals surface area contributed by atoms with Crippen LogP contribution in [0.5, 0.6) is 0 Å². The van der Waals surface area contributed by atoms with E-state index in [4.69, 9.17) is 16.1 Å². The van der Waals surface area contributed by atoms with Gasteiger partial charge >= 0.3 is 0 Å². The van der Waals surface area contributed by atoms with Gasteiger partial charge in [0.1, 0.15) is 12.1 Å². The topological polar surface area (TPSA) is 94.0 Å². The molecule has 0 spiro atoms. The number of aromatic nitrogens is 6. The molecule has 0 bridgehead atoms. The maximum absolute atomic E-state index is 5.90. The zero-order chi connectivity index (χ0) is 17.9. The van der Waals surface area contributed by atoms with E-state index in [1.165, 1.54) is 6.33 Å². The first-order chi connectivity index (χ1) is 12.7. The van der Waals surface area contributed by atoms with E-state index in [0.29, 0.717) is 35.5 Å². The van der Waals surface area contributed by atoms with Crippen LogP contribution < -0.4 is 5.32 Å². The van der Waals surface area contributed by atoms with Crippen molar-refractivity contribution in [1.82, 2.24) is 29.7 Å². The molecule has 9 heteroatoms. The van der Waals surface area contributed by atoms with E-state index in [9.17, 15) is 0 Å². The lowest BCUT2D eigenvalue weighted by molar-refractivity contribution is 0.381. The van der Waals surface area contributed by atoms with Crippen LogP contribution in [0.25, 0.3) is 17.2 Å². The van der Waals surface area contributed by atoms with Gasteiger partial charge in [-0.05, 0) is 30.7 Å². The van der Waals surface area contributed by atoms with Crippen LogP contribution in [0.3, 0.4) is 0 Å². The monoisotopic (exact) mass is 369 g/mol. The van der Waals surface area contributed by atoms with E-state index in [1.54, 1.807) is 16.6 Å². The molecule has 132 valence electrons. The Morgan fingerprint density at radius 2 is 2.04 bits per heavy atom. The van der Waals surface area contributed by atoms with Crippen molar-refractivity contribution < 1.29 is 4.52 Å². The fraction of sp³-hybridized carbons (Fsp3) is 0.235. The number of halogens is 1. The Morgan fingerprint density at radius 1 is 1.19 bits per heavy atom. The van der Waals surface area contributed by atoms with Gasteiger partial charge in [0, 0.05) is 35.3 Å². The lowest BCUT2D eigenvalue weighted by Gasteiger charge is -2.08. The van der Waals surface area contributed by atoms with E-state index in [1.807, 2.05) is 18.2 Å². The molecule has 0 fully saturated rings. The molecule has 0 aliphatic rings. The number of fused-ring (bicyclic) bond motifs is 1. The van der Waals surface area contributed by atoms with Crippen molar-refractivity contribution in [1.29, 1.82) is 0 Å². The normalized spacial score (nSPS) is 11.2. The van der Waals surface area contributed by atoms with Crippen molar-refractivity contribution in [2.24, 2.45) is 0 Å². The highest BCUT2D eigenvalue weighted by Gasteiger charge is 2.10. The van der Waals surface area contributed by atoms with Gasteiger partial charge in [-0.25, -0.2) is 4.98 Å². The van der Waals surface area contributed by atoms with E-state index in [0.717, 1.165) is 23.5 Å². The zero-order valence-electron chi connectivity index (χ0n) is 14.1. The zero-order valence-corrected chi connectivity index (χ0v) is 14.8. The maximum Gasteiger partial charge on any atom is 0.254 e. The summed E-state index contributed by atoms with van der Waals surface area (Å²) in [5.74, 6) is 2.52. The van der Waals surface area contributed by atoms with E-state index >= 15 is 0 Å². The number of nitrogens with zero attached hydrogens (tertiary/aromatic N) is 6. The molecule has 0 radical (unpaired) electrons. The third kappa shape index (κ3) is 3.36. The Kier molecular flexibility index (Phi) is 4.49. The summed E-state index contributed by atoms with van der Waals surface area (Å²) in [4.78, 5) is 13.0. The minimum absolute atomic E-state index is 0.549. The lowest BCUT2D eigenvalue weighted by Crippen LogP contribution is -2.10. The second-order valence-electron chi connectivity index (χ2n) is 5.65. The van der Waals surface area contributed by atoms with Crippen molar-refractivity contribution >= 4 is 23.2 Å². The lowest BCUT2D eigenvalue weighted by atomic mass is 10.2. The number of hydrogen-bond acceptors (Lipinski definition) is 7. The standard InChI is InChI=1S/C17H16ClN7O/c1-2-13-9-14(25-17(22-13)20-10-21-25)19-8-7-15-23-16(24-26-15)11-3-5-12(18)6-4-11/h3-6,9-10,19H,2,7-8H2,1H3. The molecular weight excluding hydrogens is 354 g/mol. The van der Waals surface area contributed by atoms with Crippen LogP contribution in [0.1, 0.15) is 18.5 Å². The third-order valence-corrected chi connectivity index (χ3v) is 4.13. The minimum atomic E-state index is 0.549. The molecule has 8 nitrogen and oxygen atoms in total. The maximum atomic E-state index is 5.90. The smallest absolute Gasteiger partial charge is 0.254 e. The first kappa shape index (κ1) is 16.5. The van der Waals surface area contributed by atoms with Crippen molar-refractivity contribution in [2.45, 2.75) is 19.8 Å². The van der Waals surface area contributed by atoms with Crippen molar-refractivity contribution in [2.75, 3.05) is 11.9 Å². The van der Waals surface area contributed by atoms with Gasteiger partial charge in [0.25, 0.3) is 5.78 Å². The summed E-state index contributed by atoms with van der Waals surface area (Å²) < 4.78 is 7.00.